The predicted octanol–water partition coefficient (Wildman–Crippen LogP) is 2.03. The van der Waals surface area contributed by atoms with E-state index in [2.05, 4.69) is 5.32 Å². The minimum atomic E-state index is -0.607. The number of halogens is 1. The number of ether oxygens (including phenoxy) is 2. The van der Waals surface area contributed by atoms with Crippen molar-refractivity contribution >= 4 is 17.5 Å². The molecular weight excluding hydrogens is 280 g/mol. The number of hydrogen-bond donors (Lipinski definition) is 2. The molecule has 1 unspecified atom stereocenters. The zero-order valence-corrected chi connectivity index (χ0v) is 12.4. The van der Waals surface area contributed by atoms with Gasteiger partial charge in [0.25, 0.3) is 0 Å². The maximum Gasteiger partial charge on any atom is 0.239 e. The van der Waals surface area contributed by atoms with Gasteiger partial charge in [0.2, 0.25) is 5.91 Å². The largest absolute Gasteiger partial charge is 0.489 e. The highest BCUT2D eigenvalue weighted by Gasteiger charge is 2.23. The van der Waals surface area contributed by atoms with E-state index in [1.165, 1.54) is 0 Å². The first kappa shape index (κ1) is 14.9. The number of rotatable bonds is 4. The normalized spacial score (nSPS) is 15.8. The van der Waals surface area contributed by atoms with Crippen LogP contribution < -0.4 is 20.5 Å². The lowest BCUT2D eigenvalue weighted by atomic mass is 10.0. The molecule has 0 spiro atoms. The summed E-state index contributed by atoms with van der Waals surface area (Å²) in [6, 6.07) is 2.96. The highest BCUT2D eigenvalue weighted by molar-refractivity contribution is 6.32. The highest BCUT2D eigenvalue weighted by atomic mass is 35.5. The highest BCUT2D eigenvalue weighted by Crippen LogP contribution is 2.39. The zero-order valence-electron chi connectivity index (χ0n) is 11.6. The molecule has 20 heavy (non-hydrogen) atoms. The lowest BCUT2D eigenvalue weighted by molar-refractivity contribution is -0.120. The third-order valence-electron chi connectivity index (χ3n) is 2.94. The summed E-state index contributed by atoms with van der Waals surface area (Å²) in [5.74, 6) is 0.631. The fourth-order valence-electron chi connectivity index (χ4n) is 2.09. The van der Waals surface area contributed by atoms with Gasteiger partial charge < -0.3 is 15.2 Å². The van der Waals surface area contributed by atoms with E-state index in [-0.39, 0.29) is 6.04 Å². The number of benzene rings is 1. The molecule has 1 atom stereocenters. The molecule has 0 aliphatic carbocycles. The van der Waals surface area contributed by atoms with Crippen LogP contribution in [0.1, 0.15) is 31.9 Å². The SMILES string of the molecule is CC(C)NC(C(N)=O)c1cc(Cl)c2c(c1)OCCCO2. The van der Waals surface area contributed by atoms with Crippen molar-refractivity contribution in [2.24, 2.45) is 5.73 Å². The van der Waals surface area contributed by atoms with E-state index >= 15 is 0 Å². The summed E-state index contributed by atoms with van der Waals surface area (Å²) in [6.07, 6.45) is 0.795. The van der Waals surface area contributed by atoms with Crippen molar-refractivity contribution in [1.29, 1.82) is 0 Å². The molecule has 1 aromatic rings. The number of hydrogen-bond acceptors (Lipinski definition) is 4. The monoisotopic (exact) mass is 298 g/mol. The fourth-order valence-corrected chi connectivity index (χ4v) is 2.37. The topological polar surface area (TPSA) is 73.6 Å². The lowest BCUT2D eigenvalue weighted by Crippen LogP contribution is -2.37. The van der Waals surface area contributed by atoms with Gasteiger partial charge in [-0.1, -0.05) is 11.6 Å². The Bertz CT molecular complexity index is 505. The van der Waals surface area contributed by atoms with Crippen LogP contribution in [0, 0.1) is 0 Å². The molecule has 0 aromatic heterocycles. The first-order valence-corrected chi connectivity index (χ1v) is 7.01. The van der Waals surface area contributed by atoms with Crippen molar-refractivity contribution < 1.29 is 14.3 Å². The molecule has 2 rings (SSSR count). The molecule has 5 nitrogen and oxygen atoms in total. The average Bonchev–Trinajstić information content (AvgIpc) is 2.60. The number of carbonyl (C=O) groups is 1. The van der Waals surface area contributed by atoms with Gasteiger partial charge in [-0.2, -0.15) is 0 Å². The minimum absolute atomic E-state index is 0.113. The van der Waals surface area contributed by atoms with E-state index in [4.69, 9.17) is 26.8 Å². The first-order chi connectivity index (χ1) is 9.49. The van der Waals surface area contributed by atoms with Gasteiger partial charge in [-0.25, -0.2) is 0 Å². The Morgan fingerprint density at radius 2 is 2.05 bits per heavy atom. The predicted molar refractivity (Wildman–Crippen MR) is 77.3 cm³/mol. The maximum absolute atomic E-state index is 11.6. The zero-order chi connectivity index (χ0) is 14.7. The van der Waals surface area contributed by atoms with Crippen molar-refractivity contribution in [3.8, 4) is 11.5 Å². The van der Waals surface area contributed by atoms with Crippen LogP contribution in [0.5, 0.6) is 11.5 Å². The summed E-state index contributed by atoms with van der Waals surface area (Å²) in [5.41, 5.74) is 6.14. The molecule has 0 fully saturated rings. The number of amides is 1. The second-order valence-electron chi connectivity index (χ2n) is 5.04. The Labute approximate surface area is 123 Å². The van der Waals surface area contributed by atoms with E-state index < -0.39 is 11.9 Å². The molecule has 3 N–H and O–H groups in total. The molecule has 0 saturated carbocycles. The number of nitrogens with one attached hydrogen (secondary N) is 1. The van der Waals surface area contributed by atoms with Crippen molar-refractivity contribution in [2.45, 2.75) is 32.4 Å². The van der Waals surface area contributed by atoms with E-state index in [9.17, 15) is 4.79 Å². The van der Waals surface area contributed by atoms with Crippen molar-refractivity contribution in [3.05, 3.63) is 22.7 Å². The van der Waals surface area contributed by atoms with Crippen LogP contribution in [0.25, 0.3) is 0 Å². The van der Waals surface area contributed by atoms with Gasteiger partial charge in [-0.15, -0.1) is 0 Å². The molecule has 1 amide bonds. The number of nitrogens with two attached hydrogens (primary N) is 1. The van der Waals surface area contributed by atoms with Crippen LogP contribution >= 0.6 is 11.6 Å². The van der Waals surface area contributed by atoms with Crippen LogP contribution in [0.4, 0.5) is 0 Å². The summed E-state index contributed by atoms with van der Waals surface area (Å²) < 4.78 is 11.2. The third kappa shape index (κ3) is 3.35. The Morgan fingerprint density at radius 1 is 1.35 bits per heavy atom. The molecular formula is C14H19ClN2O3. The van der Waals surface area contributed by atoms with Gasteiger partial charge in [-0.05, 0) is 31.5 Å². The molecule has 110 valence electrons. The number of primary amides is 1. The quantitative estimate of drug-likeness (QED) is 0.892. The Kier molecular flexibility index (Phi) is 4.73. The fraction of sp³-hybridized carbons (Fsp3) is 0.500. The smallest absolute Gasteiger partial charge is 0.239 e. The van der Waals surface area contributed by atoms with E-state index in [0.29, 0.717) is 35.3 Å². The summed E-state index contributed by atoms with van der Waals surface area (Å²) in [7, 11) is 0. The van der Waals surface area contributed by atoms with Gasteiger partial charge in [0.1, 0.15) is 6.04 Å². The molecule has 1 heterocycles. The molecule has 0 radical (unpaired) electrons. The Balaban J connectivity index is 2.38. The standard InChI is InChI=1S/C14H19ClN2O3/c1-8(2)17-12(14(16)18)9-6-10(15)13-11(7-9)19-4-3-5-20-13/h6-8,12,17H,3-5H2,1-2H3,(H2,16,18). The second kappa shape index (κ2) is 6.33. The molecule has 1 aliphatic heterocycles. The van der Waals surface area contributed by atoms with E-state index in [1.54, 1.807) is 12.1 Å². The Morgan fingerprint density at radius 3 is 2.70 bits per heavy atom. The van der Waals surface area contributed by atoms with Gasteiger partial charge in [0.15, 0.2) is 11.5 Å². The molecule has 1 aromatic carbocycles. The summed E-state index contributed by atoms with van der Waals surface area (Å²) in [5, 5.41) is 3.54. The maximum atomic E-state index is 11.6. The summed E-state index contributed by atoms with van der Waals surface area (Å²) in [4.78, 5) is 11.6. The van der Waals surface area contributed by atoms with Gasteiger partial charge in [-0.3, -0.25) is 10.1 Å². The molecule has 6 heteroatoms. The van der Waals surface area contributed by atoms with Crippen LogP contribution in [0.2, 0.25) is 5.02 Å². The van der Waals surface area contributed by atoms with Crippen LogP contribution in [-0.4, -0.2) is 25.2 Å². The first-order valence-electron chi connectivity index (χ1n) is 6.63. The lowest BCUT2D eigenvalue weighted by Gasteiger charge is -2.20. The van der Waals surface area contributed by atoms with Crippen LogP contribution in [0.3, 0.4) is 0 Å². The number of carbonyl (C=O) groups excluding carboxylic acids is 1. The van der Waals surface area contributed by atoms with Crippen molar-refractivity contribution in [1.82, 2.24) is 5.32 Å². The number of fused-ring (bicyclic) bond motifs is 1. The molecule has 0 saturated heterocycles. The van der Waals surface area contributed by atoms with Gasteiger partial charge >= 0.3 is 0 Å². The molecule has 1 aliphatic rings. The van der Waals surface area contributed by atoms with Gasteiger partial charge in [0, 0.05) is 12.5 Å². The van der Waals surface area contributed by atoms with E-state index in [0.717, 1.165) is 6.42 Å². The van der Waals surface area contributed by atoms with Crippen LogP contribution in [-0.2, 0) is 4.79 Å². The summed E-state index contributed by atoms with van der Waals surface area (Å²) >= 11 is 6.22. The third-order valence-corrected chi connectivity index (χ3v) is 3.22. The molecule has 0 bridgehead atoms. The second-order valence-corrected chi connectivity index (χ2v) is 5.44. The summed E-state index contributed by atoms with van der Waals surface area (Å²) in [6.45, 7) is 5.02. The van der Waals surface area contributed by atoms with Crippen molar-refractivity contribution in [3.63, 3.8) is 0 Å². The minimum Gasteiger partial charge on any atom is -0.489 e. The average molecular weight is 299 g/mol. The van der Waals surface area contributed by atoms with Crippen LogP contribution in [0.15, 0.2) is 12.1 Å². The Hall–Kier alpha value is -1.46. The van der Waals surface area contributed by atoms with E-state index in [1.807, 2.05) is 13.8 Å². The van der Waals surface area contributed by atoms with Crippen molar-refractivity contribution in [2.75, 3.05) is 13.2 Å². The van der Waals surface area contributed by atoms with Gasteiger partial charge in [0.05, 0.1) is 18.2 Å².